The van der Waals surface area contributed by atoms with Crippen molar-refractivity contribution < 1.29 is 28.5 Å². The number of hydrogen-bond acceptors (Lipinski definition) is 7. The third kappa shape index (κ3) is 5.17. The van der Waals surface area contributed by atoms with E-state index < -0.39 is 11.9 Å². The summed E-state index contributed by atoms with van der Waals surface area (Å²) in [6.45, 7) is 2.00. The van der Waals surface area contributed by atoms with Crippen molar-refractivity contribution in [2.45, 2.75) is 13.5 Å². The number of fused-ring (bicyclic) bond motifs is 1. The number of benzene rings is 2. The molecule has 0 radical (unpaired) electrons. The van der Waals surface area contributed by atoms with Gasteiger partial charge in [-0.15, -0.1) is 0 Å². The molecular weight excluding hydrogens is 432 g/mol. The molecule has 0 aliphatic carbocycles. The minimum Gasteiger partial charge on any atom is -0.493 e. The zero-order valence-corrected chi connectivity index (χ0v) is 19.1. The second-order valence-corrected chi connectivity index (χ2v) is 7.49. The summed E-state index contributed by atoms with van der Waals surface area (Å²) in [7, 11) is 4.57. The number of thiazole rings is 1. The molecule has 3 aromatic rings. The number of carbonyl (C=O) groups is 2. The van der Waals surface area contributed by atoms with Gasteiger partial charge in [0.05, 0.1) is 38.2 Å². The minimum atomic E-state index is -0.470. The van der Waals surface area contributed by atoms with Crippen LogP contribution in [0.1, 0.15) is 12.5 Å². The fourth-order valence-corrected chi connectivity index (χ4v) is 4.13. The van der Waals surface area contributed by atoms with Gasteiger partial charge in [0.1, 0.15) is 6.54 Å². The van der Waals surface area contributed by atoms with Crippen molar-refractivity contribution in [3.8, 4) is 17.2 Å². The molecule has 32 heavy (non-hydrogen) atoms. The molecule has 9 heteroatoms. The van der Waals surface area contributed by atoms with Crippen LogP contribution in [0.15, 0.2) is 47.5 Å². The van der Waals surface area contributed by atoms with Crippen molar-refractivity contribution in [3.63, 3.8) is 0 Å². The normalized spacial score (nSPS) is 11.7. The minimum absolute atomic E-state index is 0.0272. The van der Waals surface area contributed by atoms with Crippen LogP contribution >= 0.6 is 11.3 Å². The van der Waals surface area contributed by atoms with E-state index in [1.165, 1.54) is 38.7 Å². The first-order chi connectivity index (χ1) is 15.5. The number of hydrogen-bond donors (Lipinski definition) is 0. The third-order valence-electron chi connectivity index (χ3n) is 4.49. The highest BCUT2D eigenvalue weighted by molar-refractivity contribution is 7.16. The van der Waals surface area contributed by atoms with Crippen LogP contribution in [-0.4, -0.2) is 44.4 Å². The van der Waals surface area contributed by atoms with E-state index in [1.807, 2.05) is 24.3 Å². The molecule has 0 saturated carbocycles. The van der Waals surface area contributed by atoms with Crippen molar-refractivity contribution in [2.75, 3.05) is 27.9 Å². The second kappa shape index (κ2) is 10.6. The average molecular weight is 457 g/mol. The summed E-state index contributed by atoms with van der Waals surface area (Å²) >= 11 is 1.33. The van der Waals surface area contributed by atoms with Crippen molar-refractivity contribution >= 4 is 39.5 Å². The number of methoxy groups -OCH3 is 3. The summed E-state index contributed by atoms with van der Waals surface area (Å²) in [6.07, 6.45) is 2.96. The molecule has 0 spiro atoms. The number of rotatable bonds is 8. The number of nitrogens with zero attached hydrogens (tertiary/aromatic N) is 2. The topological polar surface area (TPSA) is 88.4 Å². The van der Waals surface area contributed by atoms with Gasteiger partial charge in [0.25, 0.3) is 5.91 Å². The van der Waals surface area contributed by atoms with E-state index in [1.54, 1.807) is 29.7 Å². The molecule has 0 bridgehead atoms. The van der Waals surface area contributed by atoms with Crippen LogP contribution in [0.2, 0.25) is 0 Å². The summed E-state index contributed by atoms with van der Waals surface area (Å²) in [4.78, 5) is 29.3. The Labute approximate surface area is 189 Å². The van der Waals surface area contributed by atoms with Gasteiger partial charge in [-0.25, -0.2) is 0 Å². The number of esters is 1. The molecule has 8 nitrogen and oxygen atoms in total. The lowest BCUT2D eigenvalue weighted by Crippen LogP contribution is -2.22. The molecule has 0 saturated heterocycles. The predicted molar refractivity (Wildman–Crippen MR) is 122 cm³/mol. The highest BCUT2D eigenvalue weighted by Crippen LogP contribution is 2.38. The first-order valence-electron chi connectivity index (χ1n) is 9.81. The maximum atomic E-state index is 12.6. The molecule has 0 fully saturated rings. The highest BCUT2D eigenvalue weighted by Gasteiger charge is 2.13. The first-order valence-corrected chi connectivity index (χ1v) is 10.6. The Morgan fingerprint density at radius 2 is 1.75 bits per heavy atom. The molecule has 0 unspecified atom stereocenters. The quantitative estimate of drug-likeness (QED) is 0.381. The van der Waals surface area contributed by atoms with E-state index in [9.17, 15) is 9.59 Å². The number of para-hydroxylation sites is 1. The maximum Gasteiger partial charge on any atom is 0.326 e. The Balaban J connectivity index is 1.95. The summed E-state index contributed by atoms with van der Waals surface area (Å²) < 4.78 is 23.6. The highest BCUT2D eigenvalue weighted by atomic mass is 32.1. The van der Waals surface area contributed by atoms with E-state index in [0.717, 1.165) is 10.2 Å². The van der Waals surface area contributed by atoms with Crippen LogP contribution in [0.3, 0.4) is 0 Å². The van der Waals surface area contributed by atoms with Crippen molar-refractivity contribution in [1.82, 2.24) is 4.57 Å². The molecule has 1 aromatic heterocycles. The van der Waals surface area contributed by atoms with E-state index >= 15 is 0 Å². The first kappa shape index (κ1) is 23.1. The predicted octanol–water partition coefficient (Wildman–Crippen LogP) is 3.43. The maximum absolute atomic E-state index is 12.6. The fourth-order valence-electron chi connectivity index (χ4n) is 3.09. The van der Waals surface area contributed by atoms with Gasteiger partial charge in [0.2, 0.25) is 5.75 Å². The fraction of sp³-hybridized carbons (Fsp3) is 0.261. The Bertz CT molecular complexity index is 1200. The van der Waals surface area contributed by atoms with Gasteiger partial charge in [0.15, 0.2) is 16.3 Å². The standard InChI is InChI=1S/C23H24N2O6S/c1-5-31-21(27)14-25-16-8-6-7-9-19(16)32-23(25)24-20(26)11-10-15-12-17(28-2)22(30-4)18(13-15)29-3/h6-13H,5,14H2,1-4H3/b11-10-,24-23?. The lowest BCUT2D eigenvalue weighted by Gasteiger charge is -2.12. The Kier molecular flexibility index (Phi) is 7.67. The number of ether oxygens (including phenoxy) is 4. The van der Waals surface area contributed by atoms with Crippen LogP contribution in [0.4, 0.5) is 0 Å². The van der Waals surface area contributed by atoms with Crippen LogP contribution in [-0.2, 0) is 20.9 Å². The van der Waals surface area contributed by atoms with E-state index in [0.29, 0.717) is 27.6 Å². The van der Waals surface area contributed by atoms with Crippen molar-refractivity contribution in [3.05, 3.63) is 52.8 Å². The zero-order valence-electron chi connectivity index (χ0n) is 18.3. The average Bonchev–Trinajstić information content (AvgIpc) is 3.13. The molecule has 1 amide bonds. The zero-order chi connectivity index (χ0) is 23.1. The molecule has 168 valence electrons. The lowest BCUT2D eigenvalue weighted by atomic mass is 10.1. The molecule has 1 heterocycles. The van der Waals surface area contributed by atoms with E-state index in [-0.39, 0.29) is 13.2 Å². The second-order valence-electron chi connectivity index (χ2n) is 6.49. The summed E-state index contributed by atoms with van der Waals surface area (Å²) in [5.74, 6) is 0.564. The van der Waals surface area contributed by atoms with Gasteiger partial charge in [-0.05, 0) is 42.8 Å². The van der Waals surface area contributed by atoms with Crippen molar-refractivity contribution in [2.24, 2.45) is 4.99 Å². The Hall–Kier alpha value is -3.59. The number of amides is 1. The largest absolute Gasteiger partial charge is 0.493 e. The molecule has 3 rings (SSSR count). The third-order valence-corrected chi connectivity index (χ3v) is 5.55. The smallest absolute Gasteiger partial charge is 0.326 e. The van der Waals surface area contributed by atoms with E-state index in [4.69, 9.17) is 18.9 Å². The van der Waals surface area contributed by atoms with Crippen LogP contribution in [0.25, 0.3) is 16.3 Å². The summed E-state index contributed by atoms with van der Waals surface area (Å²) in [5.41, 5.74) is 1.49. The van der Waals surface area contributed by atoms with Crippen LogP contribution in [0.5, 0.6) is 17.2 Å². The van der Waals surface area contributed by atoms with E-state index in [2.05, 4.69) is 4.99 Å². The van der Waals surface area contributed by atoms with Gasteiger partial charge in [0, 0.05) is 6.08 Å². The summed E-state index contributed by atoms with van der Waals surface area (Å²) in [6, 6.07) is 11.0. The Morgan fingerprint density at radius 3 is 2.38 bits per heavy atom. The number of aromatic nitrogens is 1. The molecule has 0 aliphatic rings. The van der Waals surface area contributed by atoms with Crippen LogP contribution in [0, 0.1) is 0 Å². The molecule has 0 aliphatic heterocycles. The van der Waals surface area contributed by atoms with Gasteiger partial charge in [-0.2, -0.15) is 4.99 Å². The number of carbonyl (C=O) groups excluding carboxylic acids is 2. The lowest BCUT2D eigenvalue weighted by molar-refractivity contribution is -0.143. The van der Waals surface area contributed by atoms with Crippen LogP contribution < -0.4 is 19.0 Å². The molecule has 0 atom stereocenters. The molecule has 0 N–H and O–H groups in total. The van der Waals surface area contributed by atoms with Gasteiger partial charge in [-0.1, -0.05) is 23.5 Å². The van der Waals surface area contributed by atoms with Gasteiger partial charge >= 0.3 is 5.97 Å². The molecular formula is C23H24N2O6S. The SMILES string of the molecule is CCOC(=O)Cn1c(=NC(=O)/C=C\c2cc(OC)c(OC)c(OC)c2)sc2ccccc21. The van der Waals surface area contributed by atoms with Crippen molar-refractivity contribution in [1.29, 1.82) is 0 Å². The van der Waals surface area contributed by atoms with Gasteiger partial charge < -0.3 is 23.5 Å². The Morgan fingerprint density at radius 1 is 1.06 bits per heavy atom. The molecule has 2 aromatic carbocycles. The summed E-state index contributed by atoms with van der Waals surface area (Å²) in [5, 5.41) is 0. The monoisotopic (exact) mass is 456 g/mol. The van der Waals surface area contributed by atoms with Gasteiger partial charge in [-0.3, -0.25) is 9.59 Å².